The van der Waals surface area contributed by atoms with Crippen molar-refractivity contribution in [2.24, 2.45) is 0 Å². The fraction of sp³-hybridized carbons (Fsp3) is 0.875. The average Bonchev–Trinajstić information content (AvgIpc) is 2.03. The topological polar surface area (TPSA) is 51.2 Å². The summed E-state index contributed by atoms with van der Waals surface area (Å²) in [6.45, 7) is 0. The Labute approximate surface area is 83.2 Å². The molecule has 0 bridgehead atoms. The van der Waals surface area contributed by atoms with Crippen LogP contribution in [0.4, 0.5) is 0 Å². The van der Waals surface area contributed by atoms with Gasteiger partial charge in [0.15, 0.2) is 15.6 Å². The lowest BCUT2D eigenvalue weighted by Crippen LogP contribution is -2.36. The summed E-state index contributed by atoms with van der Waals surface area (Å²) in [6.07, 6.45) is 3.92. The Morgan fingerprint density at radius 2 is 2.15 bits per heavy atom. The largest absolute Gasteiger partial charge is 0.297 e. The van der Waals surface area contributed by atoms with E-state index < -0.39 is 15.1 Å². The second-order valence-corrected chi connectivity index (χ2v) is 6.42. The molecule has 1 atom stereocenters. The average molecular weight is 222 g/mol. The van der Waals surface area contributed by atoms with Crippen molar-refractivity contribution in [1.29, 1.82) is 0 Å². The normalized spacial score (nSPS) is 27.0. The lowest BCUT2D eigenvalue weighted by molar-refractivity contribution is -0.116. The summed E-state index contributed by atoms with van der Waals surface area (Å²) in [5.74, 6) is 0.397. The summed E-state index contributed by atoms with van der Waals surface area (Å²) in [4.78, 5) is 11.4. The highest BCUT2D eigenvalue weighted by atomic mass is 32.2. The summed E-state index contributed by atoms with van der Waals surface area (Å²) in [6, 6.07) is 0. The van der Waals surface area contributed by atoms with Gasteiger partial charge in [0.05, 0.1) is 11.5 Å². The molecule has 1 fully saturated rings. The van der Waals surface area contributed by atoms with Crippen molar-refractivity contribution in [3.05, 3.63) is 0 Å². The Bertz CT molecular complexity index is 282. The van der Waals surface area contributed by atoms with E-state index >= 15 is 0 Å². The monoisotopic (exact) mass is 222 g/mol. The van der Waals surface area contributed by atoms with Crippen LogP contribution < -0.4 is 0 Å². The van der Waals surface area contributed by atoms with Crippen LogP contribution in [0.2, 0.25) is 0 Å². The molecule has 76 valence electrons. The molecular formula is C8H14O3S2. The number of Topliss-reactive ketones (excluding diaryl/α,β-unsaturated/α-hetero) is 1. The first-order valence-corrected chi connectivity index (χ1v) is 7.42. The first-order valence-electron chi connectivity index (χ1n) is 4.31. The minimum Gasteiger partial charge on any atom is -0.297 e. The van der Waals surface area contributed by atoms with Gasteiger partial charge >= 0.3 is 0 Å². The molecule has 1 aliphatic rings. The fourth-order valence-corrected chi connectivity index (χ4v) is 4.04. The molecule has 1 saturated heterocycles. The van der Waals surface area contributed by atoms with Gasteiger partial charge in [0, 0.05) is 0 Å². The number of hydrogen-bond donors (Lipinski definition) is 0. The van der Waals surface area contributed by atoms with Crippen molar-refractivity contribution in [3.8, 4) is 0 Å². The Morgan fingerprint density at radius 1 is 1.46 bits per heavy atom. The second-order valence-electron chi connectivity index (χ2n) is 3.25. The molecule has 0 spiro atoms. The lowest BCUT2D eigenvalue weighted by Gasteiger charge is -2.20. The van der Waals surface area contributed by atoms with Gasteiger partial charge < -0.3 is 0 Å². The van der Waals surface area contributed by atoms with Gasteiger partial charge in [0.25, 0.3) is 0 Å². The first-order chi connectivity index (χ1) is 6.08. The van der Waals surface area contributed by atoms with E-state index in [4.69, 9.17) is 0 Å². The third kappa shape index (κ3) is 2.71. The van der Waals surface area contributed by atoms with E-state index in [1.165, 1.54) is 11.8 Å². The van der Waals surface area contributed by atoms with E-state index in [2.05, 4.69) is 0 Å². The lowest BCUT2D eigenvalue weighted by atomic mass is 10.1. The minimum absolute atomic E-state index is 0.118. The van der Waals surface area contributed by atoms with Crippen LogP contribution in [0.5, 0.6) is 0 Å². The zero-order chi connectivity index (χ0) is 9.90. The Hall–Kier alpha value is -0.0300. The van der Waals surface area contributed by atoms with Gasteiger partial charge in [-0.2, -0.15) is 11.8 Å². The van der Waals surface area contributed by atoms with Crippen LogP contribution in [0.1, 0.15) is 19.3 Å². The number of carbonyl (C=O) groups excluding carboxylic acids is 1. The SMILES string of the molecule is CSCC(=O)C1CCCCS1(=O)=O. The van der Waals surface area contributed by atoms with Crippen LogP contribution in [0.25, 0.3) is 0 Å². The molecule has 0 aromatic rings. The van der Waals surface area contributed by atoms with Crippen LogP contribution in [0.15, 0.2) is 0 Å². The summed E-state index contributed by atoms with van der Waals surface area (Å²) < 4.78 is 22.9. The maximum atomic E-state index is 11.5. The quantitative estimate of drug-likeness (QED) is 0.711. The summed E-state index contributed by atoms with van der Waals surface area (Å²) in [5.41, 5.74) is 0. The van der Waals surface area contributed by atoms with Gasteiger partial charge in [-0.25, -0.2) is 8.42 Å². The molecule has 0 aromatic carbocycles. The Morgan fingerprint density at radius 3 is 2.69 bits per heavy atom. The molecule has 0 N–H and O–H groups in total. The molecule has 1 rings (SSSR count). The molecule has 1 aliphatic heterocycles. The van der Waals surface area contributed by atoms with Crippen molar-refractivity contribution in [1.82, 2.24) is 0 Å². The first kappa shape index (κ1) is 11.0. The summed E-state index contributed by atoms with van der Waals surface area (Å²) in [5, 5.41) is -0.700. The van der Waals surface area contributed by atoms with Gasteiger partial charge in [-0.05, 0) is 19.1 Å². The van der Waals surface area contributed by atoms with Crippen molar-refractivity contribution >= 4 is 27.4 Å². The summed E-state index contributed by atoms with van der Waals surface area (Å²) >= 11 is 1.39. The fourth-order valence-electron chi connectivity index (χ4n) is 1.55. The number of sulfone groups is 1. The number of ketones is 1. The maximum Gasteiger partial charge on any atom is 0.160 e. The van der Waals surface area contributed by atoms with Crippen molar-refractivity contribution in [2.45, 2.75) is 24.5 Å². The maximum absolute atomic E-state index is 11.5. The van der Waals surface area contributed by atoms with Crippen LogP contribution >= 0.6 is 11.8 Å². The molecule has 0 aliphatic carbocycles. The van der Waals surface area contributed by atoms with Crippen LogP contribution in [-0.2, 0) is 14.6 Å². The minimum atomic E-state index is -3.11. The number of thioether (sulfide) groups is 1. The van der Waals surface area contributed by atoms with Crippen molar-refractivity contribution < 1.29 is 13.2 Å². The van der Waals surface area contributed by atoms with E-state index in [0.717, 1.165) is 6.42 Å². The molecular weight excluding hydrogens is 208 g/mol. The van der Waals surface area contributed by atoms with Gasteiger partial charge in [0.1, 0.15) is 5.25 Å². The third-order valence-electron chi connectivity index (χ3n) is 2.22. The van der Waals surface area contributed by atoms with E-state index in [9.17, 15) is 13.2 Å². The van der Waals surface area contributed by atoms with Gasteiger partial charge in [-0.1, -0.05) is 6.42 Å². The highest BCUT2D eigenvalue weighted by Gasteiger charge is 2.33. The van der Waals surface area contributed by atoms with Crippen molar-refractivity contribution in [3.63, 3.8) is 0 Å². The molecule has 0 amide bonds. The van der Waals surface area contributed by atoms with Gasteiger partial charge in [0.2, 0.25) is 0 Å². The number of carbonyl (C=O) groups is 1. The Kier molecular flexibility index (Phi) is 3.79. The third-order valence-corrected chi connectivity index (χ3v) is 5.02. The molecule has 5 heteroatoms. The molecule has 1 unspecified atom stereocenters. The standard InChI is InChI=1S/C8H14O3S2/c1-12-6-7(9)8-4-2-3-5-13(8,10)11/h8H,2-6H2,1H3. The summed E-state index contributed by atoms with van der Waals surface area (Å²) in [7, 11) is -3.11. The molecule has 13 heavy (non-hydrogen) atoms. The van der Waals surface area contributed by atoms with E-state index in [1.807, 2.05) is 6.26 Å². The molecule has 0 aromatic heterocycles. The zero-order valence-corrected chi connectivity index (χ0v) is 9.29. The molecule has 0 saturated carbocycles. The van der Waals surface area contributed by atoms with Crippen LogP contribution in [0, 0.1) is 0 Å². The second kappa shape index (κ2) is 4.46. The smallest absolute Gasteiger partial charge is 0.160 e. The predicted octanol–water partition coefficient (Wildman–Crippen LogP) is 0.886. The highest BCUT2D eigenvalue weighted by molar-refractivity contribution is 7.99. The molecule has 0 radical (unpaired) electrons. The van der Waals surface area contributed by atoms with E-state index in [0.29, 0.717) is 18.6 Å². The van der Waals surface area contributed by atoms with E-state index in [1.54, 1.807) is 0 Å². The van der Waals surface area contributed by atoms with Crippen LogP contribution in [-0.4, -0.2) is 37.2 Å². The van der Waals surface area contributed by atoms with Gasteiger partial charge in [-0.3, -0.25) is 4.79 Å². The predicted molar refractivity (Wildman–Crippen MR) is 54.8 cm³/mol. The highest BCUT2D eigenvalue weighted by Crippen LogP contribution is 2.21. The number of hydrogen-bond acceptors (Lipinski definition) is 4. The van der Waals surface area contributed by atoms with Crippen LogP contribution in [0.3, 0.4) is 0 Å². The zero-order valence-electron chi connectivity index (χ0n) is 7.65. The molecule has 1 heterocycles. The number of rotatable bonds is 3. The van der Waals surface area contributed by atoms with Crippen molar-refractivity contribution in [2.75, 3.05) is 17.8 Å². The van der Waals surface area contributed by atoms with E-state index in [-0.39, 0.29) is 11.5 Å². The Balaban J connectivity index is 2.71. The molecule has 3 nitrogen and oxygen atoms in total. The van der Waals surface area contributed by atoms with Gasteiger partial charge in [-0.15, -0.1) is 0 Å².